The predicted molar refractivity (Wildman–Crippen MR) is 112 cm³/mol. The molecule has 3 nitrogen and oxygen atoms in total. The quantitative estimate of drug-likeness (QED) is 0.506. The summed E-state index contributed by atoms with van der Waals surface area (Å²) < 4.78 is 0. The zero-order valence-electron chi connectivity index (χ0n) is 14.4. The molecule has 0 aliphatic carbocycles. The van der Waals surface area contributed by atoms with E-state index in [1.54, 1.807) is 11.8 Å². The Balaban J connectivity index is 1.58. The monoisotopic (exact) mass is 378 g/mol. The molecule has 0 atom stereocenters. The van der Waals surface area contributed by atoms with Gasteiger partial charge in [-0.2, -0.15) is 0 Å². The number of hydrogen-bond donors (Lipinski definition) is 1. The van der Waals surface area contributed by atoms with E-state index >= 15 is 0 Å². The third-order valence-electron chi connectivity index (χ3n) is 4.21. The number of rotatable bonds is 5. The molecule has 0 fully saturated rings. The fourth-order valence-electron chi connectivity index (χ4n) is 2.85. The molecule has 2 heterocycles. The summed E-state index contributed by atoms with van der Waals surface area (Å²) in [5.41, 5.74) is 4.45. The molecule has 0 aliphatic rings. The molecule has 0 bridgehead atoms. The molecule has 5 heteroatoms. The molecule has 0 aliphatic heterocycles. The van der Waals surface area contributed by atoms with Crippen LogP contribution in [0.2, 0.25) is 0 Å². The van der Waals surface area contributed by atoms with Gasteiger partial charge in [0.2, 0.25) is 0 Å². The number of hydrogen-bond acceptors (Lipinski definition) is 4. The molecule has 26 heavy (non-hydrogen) atoms. The van der Waals surface area contributed by atoms with Crippen molar-refractivity contribution in [2.24, 2.45) is 0 Å². The van der Waals surface area contributed by atoms with Gasteiger partial charge in [-0.25, -0.2) is 4.98 Å². The van der Waals surface area contributed by atoms with Crippen LogP contribution < -0.4 is 5.56 Å². The van der Waals surface area contributed by atoms with Crippen molar-refractivity contribution in [2.45, 2.75) is 18.4 Å². The molecule has 0 radical (unpaired) electrons. The van der Waals surface area contributed by atoms with Crippen molar-refractivity contribution in [3.63, 3.8) is 0 Å². The molecular weight excluding hydrogens is 360 g/mol. The van der Waals surface area contributed by atoms with Crippen LogP contribution in [0.4, 0.5) is 0 Å². The number of thioether (sulfide) groups is 1. The van der Waals surface area contributed by atoms with E-state index in [0.717, 1.165) is 27.5 Å². The number of aromatic nitrogens is 2. The molecule has 0 unspecified atom stereocenters. The van der Waals surface area contributed by atoms with Crippen molar-refractivity contribution >= 4 is 33.3 Å². The standard InChI is InChI=1S/C21H18N2OS2/c1-14-7-9-16(10-8-14)17-12-26-21-19(17)20(24)22-18(23-21)13-25-11-15-5-3-2-4-6-15/h2-10,12H,11,13H2,1H3,(H,22,23,24). The summed E-state index contributed by atoms with van der Waals surface area (Å²) in [5, 5.41) is 2.72. The smallest absolute Gasteiger partial charge is 0.260 e. The Bertz CT molecular complexity index is 1080. The molecule has 0 saturated carbocycles. The lowest BCUT2D eigenvalue weighted by atomic mass is 10.1. The summed E-state index contributed by atoms with van der Waals surface area (Å²) in [5.74, 6) is 2.33. The molecule has 130 valence electrons. The first-order valence-electron chi connectivity index (χ1n) is 8.40. The molecule has 2 aromatic heterocycles. The minimum atomic E-state index is -0.0536. The summed E-state index contributed by atoms with van der Waals surface area (Å²) in [6.45, 7) is 2.06. The second-order valence-corrected chi connectivity index (χ2v) is 8.03. The van der Waals surface area contributed by atoms with Crippen LogP contribution in [0.3, 0.4) is 0 Å². The first-order chi connectivity index (χ1) is 12.7. The minimum Gasteiger partial charge on any atom is -0.309 e. The van der Waals surface area contributed by atoms with Crippen LogP contribution in [-0.4, -0.2) is 9.97 Å². The SMILES string of the molecule is Cc1ccc(-c2csc3nc(CSCc4ccccc4)[nH]c(=O)c23)cc1. The predicted octanol–water partition coefficient (Wildman–Crippen LogP) is 5.39. The second-order valence-electron chi connectivity index (χ2n) is 6.19. The van der Waals surface area contributed by atoms with Crippen LogP contribution in [0.5, 0.6) is 0 Å². The molecule has 0 amide bonds. The van der Waals surface area contributed by atoms with Gasteiger partial charge >= 0.3 is 0 Å². The van der Waals surface area contributed by atoms with Gasteiger partial charge in [0.15, 0.2) is 0 Å². The van der Waals surface area contributed by atoms with Gasteiger partial charge in [-0.15, -0.1) is 23.1 Å². The summed E-state index contributed by atoms with van der Waals surface area (Å²) in [6, 6.07) is 18.6. The Morgan fingerprint density at radius 2 is 1.81 bits per heavy atom. The van der Waals surface area contributed by atoms with Gasteiger partial charge in [-0.05, 0) is 18.1 Å². The lowest BCUT2D eigenvalue weighted by Gasteiger charge is -2.03. The Kier molecular flexibility index (Phi) is 4.91. The zero-order valence-corrected chi connectivity index (χ0v) is 16.0. The summed E-state index contributed by atoms with van der Waals surface area (Å²) >= 11 is 3.28. The molecule has 4 aromatic rings. The minimum absolute atomic E-state index is 0.0536. The fraction of sp³-hybridized carbons (Fsp3) is 0.143. The van der Waals surface area contributed by atoms with Crippen molar-refractivity contribution in [2.75, 3.05) is 0 Å². The lowest BCUT2D eigenvalue weighted by molar-refractivity contribution is 1.04. The highest BCUT2D eigenvalue weighted by Gasteiger charge is 2.13. The number of thiophene rings is 1. The van der Waals surface area contributed by atoms with Crippen LogP contribution in [0.25, 0.3) is 21.3 Å². The third kappa shape index (κ3) is 3.59. The van der Waals surface area contributed by atoms with E-state index in [9.17, 15) is 4.79 Å². The van der Waals surface area contributed by atoms with Gasteiger partial charge < -0.3 is 4.98 Å². The summed E-state index contributed by atoms with van der Waals surface area (Å²) in [7, 11) is 0. The number of fused-ring (bicyclic) bond motifs is 1. The number of nitrogens with one attached hydrogen (secondary N) is 1. The highest BCUT2D eigenvalue weighted by atomic mass is 32.2. The summed E-state index contributed by atoms with van der Waals surface area (Å²) in [6.07, 6.45) is 0. The first-order valence-corrected chi connectivity index (χ1v) is 10.4. The van der Waals surface area contributed by atoms with Gasteiger partial charge in [-0.1, -0.05) is 60.2 Å². The Morgan fingerprint density at radius 1 is 1.04 bits per heavy atom. The number of aryl methyl sites for hydroxylation is 1. The van der Waals surface area contributed by atoms with Crippen molar-refractivity contribution < 1.29 is 0 Å². The maximum absolute atomic E-state index is 12.7. The maximum Gasteiger partial charge on any atom is 0.260 e. The van der Waals surface area contributed by atoms with Crippen molar-refractivity contribution in [3.05, 3.63) is 87.3 Å². The molecular formula is C21H18N2OS2. The highest BCUT2D eigenvalue weighted by molar-refractivity contribution is 7.97. The van der Waals surface area contributed by atoms with E-state index in [4.69, 9.17) is 0 Å². The van der Waals surface area contributed by atoms with E-state index < -0.39 is 0 Å². The molecule has 0 saturated heterocycles. The van der Waals surface area contributed by atoms with E-state index in [-0.39, 0.29) is 5.56 Å². The van der Waals surface area contributed by atoms with Gasteiger partial charge in [0, 0.05) is 16.7 Å². The third-order valence-corrected chi connectivity index (χ3v) is 6.09. The van der Waals surface area contributed by atoms with Crippen LogP contribution in [0.1, 0.15) is 17.0 Å². The van der Waals surface area contributed by atoms with Gasteiger partial charge in [-0.3, -0.25) is 4.79 Å². The van der Waals surface area contributed by atoms with Gasteiger partial charge in [0.1, 0.15) is 10.7 Å². The first kappa shape index (κ1) is 17.1. The Morgan fingerprint density at radius 3 is 2.58 bits per heavy atom. The maximum atomic E-state index is 12.7. The average molecular weight is 379 g/mol. The average Bonchev–Trinajstić information content (AvgIpc) is 3.08. The van der Waals surface area contributed by atoms with Crippen LogP contribution >= 0.6 is 23.1 Å². The van der Waals surface area contributed by atoms with E-state index in [2.05, 4.69) is 53.3 Å². The number of H-pyrrole nitrogens is 1. The topological polar surface area (TPSA) is 45.8 Å². The molecule has 1 N–H and O–H groups in total. The van der Waals surface area contributed by atoms with Crippen molar-refractivity contribution in [1.82, 2.24) is 9.97 Å². The second kappa shape index (κ2) is 7.48. The van der Waals surface area contributed by atoms with Crippen LogP contribution in [0.15, 0.2) is 64.8 Å². The van der Waals surface area contributed by atoms with Gasteiger partial charge in [0.25, 0.3) is 5.56 Å². The number of nitrogens with zero attached hydrogens (tertiary/aromatic N) is 1. The molecule has 0 spiro atoms. The Labute approximate surface area is 160 Å². The van der Waals surface area contributed by atoms with Gasteiger partial charge in [0.05, 0.1) is 11.1 Å². The number of benzene rings is 2. The van der Waals surface area contributed by atoms with E-state index in [1.807, 2.05) is 23.6 Å². The van der Waals surface area contributed by atoms with Crippen molar-refractivity contribution in [3.8, 4) is 11.1 Å². The lowest BCUT2D eigenvalue weighted by Crippen LogP contribution is -2.10. The number of aromatic amines is 1. The van der Waals surface area contributed by atoms with Crippen LogP contribution in [-0.2, 0) is 11.5 Å². The zero-order chi connectivity index (χ0) is 17.9. The summed E-state index contributed by atoms with van der Waals surface area (Å²) in [4.78, 5) is 21.1. The normalized spacial score (nSPS) is 11.1. The van der Waals surface area contributed by atoms with E-state index in [1.165, 1.54) is 22.5 Å². The fourth-order valence-corrected chi connectivity index (χ4v) is 4.67. The molecule has 2 aromatic carbocycles. The largest absolute Gasteiger partial charge is 0.309 e. The highest BCUT2D eigenvalue weighted by Crippen LogP contribution is 2.31. The Hall–Kier alpha value is -2.37. The van der Waals surface area contributed by atoms with Crippen LogP contribution in [0, 0.1) is 6.92 Å². The molecule has 4 rings (SSSR count). The van der Waals surface area contributed by atoms with E-state index in [0.29, 0.717) is 11.1 Å². The van der Waals surface area contributed by atoms with Crippen molar-refractivity contribution in [1.29, 1.82) is 0 Å².